The Hall–Kier alpha value is -2.49. The SMILES string of the molecule is CCc1cccc(OCCNC(=O)N(C)Cc2ccccc2)c1. The lowest BCUT2D eigenvalue weighted by Crippen LogP contribution is -2.38. The average molecular weight is 312 g/mol. The predicted octanol–water partition coefficient (Wildman–Crippen LogP) is 3.47. The Bertz CT molecular complexity index is 614. The Morgan fingerprint density at radius 3 is 2.57 bits per heavy atom. The molecule has 4 heteroatoms. The van der Waals surface area contributed by atoms with E-state index in [1.807, 2.05) is 48.5 Å². The highest BCUT2D eigenvalue weighted by Gasteiger charge is 2.08. The van der Waals surface area contributed by atoms with E-state index in [4.69, 9.17) is 4.74 Å². The molecule has 0 heterocycles. The number of urea groups is 1. The quantitative estimate of drug-likeness (QED) is 0.795. The molecule has 0 aromatic heterocycles. The fourth-order valence-electron chi connectivity index (χ4n) is 2.25. The summed E-state index contributed by atoms with van der Waals surface area (Å²) in [4.78, 5) is 13.7. The van der Waals surface area contributed by atoms with Crippen LogP contribution in [0.15, 0.2) is 54.6 Å². The number of ether oxygens (including phenoxy) is 1. The lowest BCUT2D eigenvalue weighted by atomic mass is 10.2. The van der Waals surface area contributed by atoms with E-state index in [1.165, 1.54) is 5.56 Å². The van der Waals surface area contributed by atoms with E-state index in [9.17, 15) is 4.79 Å². The van der Waals surface area contributed by atoms with Crippen molar-refractivity contribution in [2.75, 3.05) is 20.2 Å². The number of amides is 2. The molecular weight excluding hydrogens is 288 g/mol. The molecule has 0 radical (unpaired) electrons. The summed E-state index contributed by atoms with van der Waals surface area (Å²) in [6.45, 7) is 3.64. The third-order valence-corrected chi connectivity index (χ3v) is 3.56. The summed E-state index contributed by atoms with van der Waals surface area (Å²) in [5.41, 5.74) is 2.35. The maximum atomic E-state index is 12.0. The molecular formula is C19H24N2O2. The molecule has 0 saturated carbocycles. The van der Waals surface area contributed by atoms with E-state index >= 15 is 0 Å². The van der Waals surface area contributed by atoms with E-state index in [1.54, 1.807) is 11.9 Å². The van der Waals surface area contributed by atoms with Crippen LogP contribution in [0.5, 0.6) is 5.75 Å². The summed E-state index contributed by atoms with van der Waals surface area (Å²) in [6, 6.07) is 17.9. The van der Waals surface area contributed by atoms with Gasteiger partial charge in [-0.05, 0) is 29.7 Å². The normalized spacial score (nSPS) is 10.2. The Labute approximate surface area is 138 Å². The minimum atomic E-state index is -0.0974. The van der Waals surface area contributed by atoms with E-state index < -0.39 is 0 Å². The lowest BCUT2D eigenvalue weighted by Gasteiger charge is -2.18. The van der Waals surface area contributed by atoms with Crippen molar-refractivity contribution in [1.82, 2.24) is 10.2 Å². The first-order chi connectivity index (χ1) is 11.2. The van der Waals surface area contributed by atoms with Gasteiger partial charge in [-0.15, -0.1) is 0 Å². The molecule has 2 rings (SSSR count). The van der Waals surface area contributed by atoms with Crippen LogP contribution in [-0.4, -0.2) is 31.1 Å². The fourth-order valence-corrected chi connectivity index (χ4v) is 2.25. The van der Waals surface area contributed by atoms with Gasteiger partial charge in [-0.2, -0.15) is 0 Å². The van der Waals surface area contributed by atoms with Crippen LogP contribution >= 0.6 is 0 Å². The second kappa shape index (κ2) is 8.83. The lowest BCUT2D eigenvalue weighted by molar-refractivity contribution is 0.203. The number of nitrogens with zero attached hydrogens (tertiary/aromatic N) is 1. The largest absolute Gasteiger partial charge is 0.492 e. The molecule has 122 valence electrons. The molecule has 2 aromatic rings. The molecule has 0 fully saturated rings. The third-order valence-electron chi connectivity index (χ3n) is 3.56. The van der Waals surface area contributed by atoms with Crippen molar-refractivity contribution >= 4 is 6.03 Å². The monoisotopic (exact) mass is 312 g/mol. The smallest absolute Gasteiger partial charge is 0.317 e. The summed E-state index contributed by atoms with van der Waals surface area (Å²) < 4.78 is 5.66. The maximum Gasteiger partial charge on any atom is 0.317 e. The zero-order chi connectivity index (χ0) is 16.5. The van der Waals surface area contributed by atoms with Crippen molar-refractivity contribution in [1.29, 1.82) is 0 Å². The first-order valence-electron chi connectivity index (χ1n) is 7.93. The molecule has 2 amide bonds. The van der Waals surface area contributed by atoms with E-state index in [-0.39, 0.29) is 6.03 Å². The van der Waals surface area contributed by atoms with Crippen LogP contribution in [0.2, 0.25) is 0 Å². The zero-order valence-electron chi connectivity index (χ0n) is 13.8. The molecule has 0 spiro atoms. The third kappa shape index (κ3) is 5.66. The highest BCUT2D eigenvalue weighted by Crippen LogP contribution is 2.13. The molecule has 0 atom stereocenters. The number of carbonyl (C=O) groups is 1. The molecule has 0 bridgehead atoms. The number of hydrogen-bond acceptors (Lipinski definition) is 2. The van der Waals surface area contributed by atoms with E-state index in [0.717, 1.165) is 17.7 Å². The Balaban J connectivity index is 1.69. The number of hydrogen-bond donors (Lipinski definition) is 1. The Kier molecular flexibility index (Phi) is 6.48. The molecule has 4 nitrogen and oxygen atoms in total. The number of nitrogens with one attached hydrogen (secondary N) is 1. The van der Waals surface area contributed by atoms with Gasteiger partial charge in [0, 0.05) is 13.6 Å². The zero-order valence-corrected chi connectivity index (χ0v) is 13.8. The van der Waals surface area contributed by atoms with Gasteiger partial charge in [0.05, 0.1) is 6.54 Å². The van der Waals surface area contributed by atoms with Gasteiger partial charge >= 0.3 is 6.03 Å². The van der Waals surface area contributed by atoms with Gasteiger partial charge in [0.15, 0.2) is 0 Å². The van der Waals surface area contributed by atoms with Crippen molar-refractivity contribution in [2.45, 2.75) is 19.9 Å². The molecule has 0 saturated heterocycles. The average Bonchev–Trinajstić information content (AvgIpc) is 2.59. The summed E-state index contributed by atoms with van der Waals surface area (Å²) in [5, 5.41) is 2.86. The predicted molar refractivity (Wildman–Crippen MR) is 92.6 cm³/mol. The van der Waals surface area contributed by atoms with Crippen molar-refractivity contribution in [3.63, 3.8) is 0 Å². The Morgan fingerprint density at radius 2 is 1.83 bits per heavy atom. The van der Waals surface area contributed by atoms with Crippen molar-refractivity contribution < 1.29 is 9.53 Å². The summed E-state index contributed by atoms with van der Waals surface area (Å²) >= 11 is 0. The first kappa shape index (κ1) is 16.9. The van der Waals surface area contributed by atoms with Crippen molar-refractivity contribution in [3.8, 4) is 5.75 Å². The van der Waals surface area contributed by atoms with Crippen LogP contribution < -0.4 is 10.1 Å². The van der Waals surface area contributed by atoms with Gasteiger partial charge in [-0.1, -0.05) is 49.4 Å². The van der Waals surface area contributed by atoms with Crippen LogP contribution in [0.25, 0.3) is 0 Å². The van der Waals surface area contributed by atoms with Crippen LogP contribution in [0.3, 0.4) is 0 Å². The summed E-state index contributed by atoms with van der Waals surface area (Å²) in [6.07, 6.45) is 0.984. The number of benzene rings is 2. The van der Waals surface area contributed by atoms with Crippen molar-refractivity contribution in [3.05, 3.63) is 65.7 Å². The first-order valence-corrected chi connectivity index (χ1v) is 7.93. The number of carbonyl (C=O) groups excluding carboxylic acids is 1. The second-order valence-corrected chi connectivity index (χ2v) is 5.42. The van der Waals surface area contributed by atoms with Gasteiger partial charge in [-0.3, -0.25) is 0 Å². The maximum absolute atomic E-state index is 12.0. The topological polar surface area (TPSA) is 41.6 Å². The summed E-state index contributed by atoms with van der Waals surface area (Å²) in [5.74, 6) is 0.844. The minimum Gasteiger partial charge on any atom is -0.492 e. The van der Waals surface area contributed by atoms with Gasteiger partial charge in [0.25, 0.3) is 0 Å². The van der Waals surface area contributed by atoms with Crippen molar-refractivity contribution in [2.24, 2.45) is 0 Å². The Morgan fingerprint density at radius 1 is 1.09 bits per heavy atom. The molecule has 0 aliphatic heterocycles. The molecule has 2 aromatic carbocycles. The molecule has 23 heavy (non-hydrogen) atoms. The minimum absolute atomic E-state index is 0.0974. The fraction of sp³-hybridized carbons (Fsp3) is 0.316. The number of rotatable bonds is 7. The summed E-state index contributed by atoms with van der Waals surface area (Å²) in [7, 11) is 1.79. The molecule has 0 aliphatic rings. The molecule has 0 unspecified atom stereocenters. The van der Waals surface area contributed by atoms with Gasteiger partial charge in [0.1, 0.15) is 12.4 Å². The van der Waals surface area contributed by atoms with Gasteiger partial charge in [-0.25, -0.2) is 4.79 Å². The highest BCUT2D eigenvalue weighted by molar-refractivity contribution is 5.73. The number of aryl methyl sites for hydroxylation is 1. The molecule has 0 aliphatic carbocycles. The van der Waals surface area contributed by atoms with E-state index in [2.05, 4.69) is 18.3 Å². The highest BCUT2D eigenvalue weighted by atomic mass is 16.5. The standard InChI is InChI=1S/C19H24N2O2/c1-3-16-10-7-11-18(14-16)23-13-12-20-19(22)21(2)15-17-8-5-4-6-9-17/h4-11,14H,3,12-13,15H2,1-2H3,(H,20,22). The van der Waals surface area contributed by atoms with Crippen LogP contribution in [0.4, 0.5) is 4.79 Å². The second-order valence-electron chi connectivity index (χ2n) is 5.42. The van der Waals surface area contributed by atoms with Crippen LogP contribution in [0.1, 0.15) is 18.1 Å². The van der Waals surface area contributed by atoms with Gasteiger partial charge < -0.3 is 15.0 Å². The van der Waals surface area contributed by atoms with Gasteiger partial charge in [0.2, 0.25) is 0 Å². The van der Waals surface area contributed by atoms with Crippen LogP contribution in [-0.2, 0) is 13.0 Å². The van der Waals surface area contributed by atoms with E-state index in [0.29, 0.717) is 19.7 Å². The molecule has 1 N–H and O–H groups in total. The van der Waals surface area contributed by atoms with Crippen LogP contribution in [0, 0.1) is 0 Å².